The molecule has 114 valence electrons. The molecule has 0 aliphatic carbocycles. The smallest absolute Gasteiger partial charge is 0.254 e. The monoisotopic (exact) mass is 288 g/mol. The Kier molecular flexibility index (Phi) is 4.26. The average Bonchev–Trinajstić information content (AvgIpc) is 2.46. The van der Waals surface area contributed by atoms with Gasteiger partial charge in [0.25, 0.3) is 5.91 Å². The largest absolute Gasteiger partial charge is 0.495 e. The number of amides is 1. The summed E-state index contributed by atoms with van der Waals surface area (Å²) in [4.78, 5) is 14.4. The minimum atomic E-state index is 0.0255. The number of carbonyl (C=O) groups is 1. The van der Waals surface area contributed by atoms with Crippen LogP contribution in [0.4, 0.5) is 5.69 Å². The Labute approximate surface area is 126 Å². The van der Waals surface area contributed by atoms with Crippen LogP contribution in [-0.2, 0) is 0 Å². The highest BCUT2D eigenvalue weighted by atomic mass is 16.5. The van der Waals surface area contributed by atoms with Crippen LogP contribution in [0, 0.1) is 5.41 Å². The number of nitrogens with two attached hydrogens (primary N) is 1. The van der Waals surface area contributed by atoms with Crippen molar-refractivity contribution >= 4 is 11.6 Å². The van der Waals surface area contributed by atoms with Crippen LogP contribution in [0.5, 0.6) is 5.75 Å². The SMILES string of the molecule is COc1cc(C(=O)N2CC=C(C(C)(C)C)CC2)ccc1N. The summed E-state index contributed by atoms with van der Waals surface area (Å²) in [6.07, 6.45) is 3.11. The zero-order valence-corrected chi connectivity index (χ0v) is 13.3. The highest BCUT2D eigenvalue weighted by molar-refractivity contribution is 5.95. The number of nitrogens with zero attached hydrogens (tertiary/aromatic N) is 1. The van der Waals surface area contributed by atoms with E-state index in [-0.39, 0.29) is 11.3 Å². The van der Waals surface area contributed by atoms with Crippen molar-refractivity contribution in [2.45, 2.75) is 27.2 Å². The zero-order chi connectivity index (χ0) is 15.6. The van der Waals surface area contributed by atoms with E-state index < -0.39 is 0 Å². The van der Waals surface area contributed by atoms with Crippen molar-refractivity contribution in [1.29, 1.82) is 0 Å². The molecule has 1 aromatic carbocycles. The molecule has 21 heavy (non-hydrogen) atoms. The van der Waals surface area contributed by atoms with Gasteiger partial charge in [-0.3, -0.25) is 4.79 Å². The van der Waals surface area contributed by atoms with Gasteiger partial charge in [0.05, 0.1) is 12.8 Å². The highest BCUT2D eigenvalue weighted by Gasteiger charge is 2.24. The fourth-order valence-electron chi connectivity index (χ4n) is 2.56. The second-order valence-corrected chi connectivity index (χ2v) is 6.44. The number of methoxy groups -OCH3 is 1. The van der Waals surface area contributed by atoms with Gasteiger partial charge in [-0.15, -0.1) is 0 Å². The summed E-state index contributed by atoms with van der Waals surface area (Å²) in [5.74, 6) is 0.571. The van der Waals surface area contributed by atoms with Crippen LogP contribution < -0.4 is 10.5 Å². The predicted molar refractivity (Wildman–Crippen MR) is 85.5 cm³/mol. The van der Waals surface area contributed by atoms with Crippen molar-refractivity contribution in [3.63, 3.8) is 0 Å². The summed E-state index contributed by atoms with van der Waals surface area (Å²) < 4.78 is 5.18. The van der Waals surface area contributed by atoms with Crippen molar-refractivity contribution in [2.75, 3.05) is 25.9 Å². The minimum Gasteiger partial charge on any atom is -0.495 e. The first-order valence-electron chi connectivity index (χ1n) is 7.25. The molecule has 0 saturated carbocycles. The average molecular weight is 288 g/mol. The van der Waals surface area contributed by atoms with Crippen molar-refractivity contribution in [2.24, 2.45) is 5.41 Å². The summed E-state index contributed by atoms with van der Waals surface area (Å²) in [5, 5.41) is 0. The molecule has 1 aliphatic rings. The Morgan fingerprint density at radius 2 is 2.05 bits per heavy atom. The maximum absolute atomic E-state index is 12.5. The lowest BCUT2D eigenvalue weighted by atomic mass is 9.83. The number of benzene rings is 1. The maximum Gasteiger partial charge on any atom is 0.254 e. The third-order valence-electron chi connectivity index (χ3n) is 3.94. The number of hydrogen-bond donors (Lipinski definition) is 1. The molecule has 4 heteroatoms. The first-order chi connectivity index (χ1) is 9.82. The molecular weight excluding hydrogens is 264 g/mol. The predicted octanol–water partition coefficient (Wildman–Crippen LogP) is 3.10. The standard InChI is InChI=1S/C17H24N2O2/c1-17(2,3)13-7-9-19(10-8-13)16(20)12-5-6-14(18)15(11-12)21-4/h5-7,11H,8-10,18H2,1-4H3. The van der Waals surface area contributed by atoms with Gasteiger partial charge in [0.2, 0.25) is 0 Å². The van der Waals surface area contributed by atoms with Crippen LogP contribution in [0.25, 0.3) is 0 Å². The van der Waals surface area contributed by atoms with Crippen LogP contribution in [0.2, 0.25) is 0 Å². The van der Waals surface area contributed by atoms with E-state index in [1.54, 1.807) is 25.3 Å². The second-order valence-electron chi connectivity index (χ2n) is 6.44. The summed E-state index contributed by atoms with van der Waals surface area (Å²) >= 11 is 0. The summed E-state index contributed by atoms with van der Waals surface area (Å²) in [6.45, 7) is 8.05. The number of anilines is 1. The number of nitrogen functional groups attached to an aromatic ring is 1. The van der Waals surface area contributed by atoms with Gasteiger partial charge in [0.15, 0.2) is 0 Å². The molecule has 0 saturated heterocycles. The molecule has 2 rings (SSSR count). The molecule has 0 unspecified atom stereocenters. The molecule has 4 nitrogen and oxygen atoms in total. The fraction of sp³-hybridized carbons (Fsp3) is 0.471. The van der Waals surface area contributed by atoms with Crippen LogP contribution in [0.1, 0.15) is 37.6 Å². The van der Waals surface area contributed by atoms with Crippen LogP contribution in [0.15, 0.2) is 29.8 Å². The van der Waals surface area contributed by atoms with Crippen molar-refractivity contribution in [3.05, 3.63) is 35.4 Å². The lowest BCUT2D eigenvalue weighted by Gasteiger charge is -2.32. The fourth-order valence-corrected chi connectivity index (χ4v) is 2.56. The van der Waals surface area contributed by atoms with Crippen molar-refractivity contribution < 1.29 is 9.53 Å². The Hall–Kier alpha value is -1.97. The first-order valence-corrected chi connectivity index (χ1v) is 7.25. The van der Waals surface area contributed by atoms with Gasteiger partial charge in [-0.1, -0.05) is 32.4 Å². The van der Waals surface area contributed by atoms with E-state index in [1.165, 1.54) is 5.57 Å². The molecule has 2 N–H and O–H groups in total. The van der Waals surface area contributed by atoms with E-state index in [2.05, 4.69) is 26.8 Å². The van der Waals surface area contributed by atoms with Gasteiger partial charge in [-0.25, -0.2) is 0 Å². The molecule has 1 aliphatic heterocycles. The first kappa shape index (κ1) is 15.4. The number of ether oxygens (including phenoxy) is 1. The van der Waals surface area contributed by atoms with Crippen LogP contribution in [-0.4, -0.2) is 31.0 Å². The molecule has 0 spiro atoms. The summed E-state index contributed by atoms with van der Waals surface area (Å²) in [7, 11) is 1.55. The topological polar surface area (TPSA) is 55.6 Å². The minimum absolute atomic E-state index is 0.0255. The molecule has 1 heterocycles. The summed E-state index contributed by atoms with van der Waals surface area (Å²) in [5.41, 5.74) is 8.55. The molecule has 1 amide bonds. The Morgan fingerprint density at radius 3 is 2.57 bits per heavy atom. The number of rotatable bonds is 2. The molecule has 0 radical (unpaired) electrons. The number of carbonyl (C=O) groups excluding carboxylic acids is 1. The van der Waals surface area contributed by atoms with Gasteiger partial charge in [-0.2, -0.15) is 0 Å². The van der Waals surface area contributed by atoms with E-state index in [1.807, 2.05) is 4.90 Å². The van der Waals surface area contributed by atoms with Crippen molar-refractivity contribution in [1.82, 2.24) is 4.90 Å². The normalized spacial score (nSPS) is 15.6. The molecular formula is C17H24N2O2. The second kappa shape index (κ2) is 5.80. The Bertz CT molecular complexity index is 571. The lowest BCUT2D eigenvalue weighted by molar-refractivity contribution is 0.0764. The van der Waals surface area contributed by atoms with Gasteiger partial charge < -0.3 is 15.4 Å². The quantitative estimate of drug-likeness (QED) is 0.672. The number of hydrogen-bond acceptors (Lipinski definition) is 3. The van der Waals surface area contributed by atoms with Gasteiger partial charge in [0.1, 0.15) is 5.75 Å². The van der Waals surface area contributed by atoms with Crippen molar-refractivity contribution in [3.8, 4) is 5.75 Å². The molecule has 0 aromatic heterocycles. The van der Waals surface area contributed by atoms with Crippen LogP contribution >= 0.6 is 0 Å². The lowest BCUT2D eigenvalue weighted by Crippen LogP contribution is -2.36. The summed E-state index contributed by atoms with van der Waals surface area (Å²) in [6, 6.07) is 5.18. The third-order valence-corrected chi connectivity index (χ3v) is 3.94. The van der Waals surface area contributed by atoms with E-state index in [0.29, 0.717) is 23.5 Å². The van der Waals surface area contributed by atoms with Gasteiger partial charge in [0, 0.05) is 18.7 Å². The van der Waals surface area contributed by atoms with E-state index in [0.717, 1.165) is 13.0 Å². The molecule has 0 fully saturated rings. The molecule has 0 atom stereocenters. The van der Waals surface area contributed by atoms with E-state index in [4.69, 9.17) is 10.5 Å². The third kappa shape index (κ3) is 3.38. The van der Waals surface area contributed by atoms with E-state index in [9.17, 15) is 4.79 Å². The van der Waals surface area contributed by atoms with E-state index >= 15 is 0 Å². The molecule has 1 aromatic rings. The Balaban J connectivity index is 2.14. The van der Waals surface area contributed by atoms with Crippen LogP contribution in [0.3, 0.4) is 0 Å². The maximum atomic E-state index is 12.5. The highest BCUT2D eigenvalue weighted by Crippen LogP contribution is 2.30. The molecule has 0 bridgehead atoms. The Morgan fingerprint density at radius 1 is 1.33 bits per heavy atom. The van der Waals surface area contributed by atoms with Gasteiger partial charge in [-0.05, 0) is 30.0 Å². The zero-order valence-electron chi connectivity index (χ0n) is 13.3. The van der Waals surface area contributed by atoms with Gasteiger partial charge >= 0.3 is 0 Å².